The van der Waals surface area contributed by atoms with E-state index >= 15 is 0 Å². The van der Waals surface area contributed by atoms with Crippen molar-refractivity contribution in [2.75, 3.05) is 0 Å². The molecule has 0 bridgehead atoms. The van der Waals surface area contributed by atoms with Crippen molar-refractivity contribution in [1.82, 2.24) is 15.5 Å². The Balaban J connectivity index is 2.05. The summed E-state index contributed by atoms with van der Waals surface area (Å²) in [4.78, 5) is 12.3. The molecule has 1 unspecified atom stereocenters. The van der Waals surface area contributed by atoms with Crippen LogP contribution in [0.25, 0.3) is 0 Å². The Labute approximate surface area is 161 Å². The van der Waals surface area contributed by atoms with Crippen molar-refractivity contribution < 1.29 is 18.4 Å². The summed E-state index contributed by atoms with van der Waals surface area (Å²) in [5, 5.41) is 10.5. The molecule has 7 nitrogen and oxygen atoms in total. The molecule has 0 fully saturated rings. The number of benzene rings is 1. The van der Waals surface area contributed by atoms with Crippen LogP contribution in [0.5, 0.6) is 0 Å². The van der Waals surface area contributed by atoms with Crippen LogP contribution in [0.2, 0.25) is 18.1 Å². The van der Waals surface area contributed by atoms with Gasteiger partial charge in [-0.1, -0.05) is 51.1 Å². The highest BCUT2D eigenvalue weighted by Crippen LogP contribution is 2.38. The highest BCUT2D eigenvalue weighted by atomic mass is 28.4. The van der Waals surface area contributed by atoms with E-state index in [9.17, 15) is 4.79 Å². The van der Waals surface area contributed by atoms with Gasteiger partial charge in [0, 0.05) is 0 Å². The predicted octanol–water partition coefficient (Wildman–Crippen LogP) is 4.45. The van der Waals surface area contributed by atoms with Gasteiger partial charge in [0.1, 0.15) is 12.6 Å². The number of aromatic nitrogens is 2. The van der Waals surface area contributed by atoms with Gasteiger partial charge in [-0.05, 0) is 30.6 Å². The Morgan fingerprint density at radius 3 is 2.48 bits per heavy atom. The van der Waals surface area contributed by atoms with Crippen molar-refractivity contribution in [3.63, 3.8) is 0 Å². The molecular formula is C19H29N3O4Si. The SMILES string of the molecule is CC(O[Si](C)(C)C(C)(C)C)[C@H](NC(=O)OCc1ccccc1)c1nnco1. The maximum absolute atomic E-state index is 12.3. The number of carbonyl (C=O) groups is 1. The molecule has 0 spiro atoms. The fourth-order valence-electron chi connectivity index (χ4n) is 2.30. The Hall–Kier alpha value is -2.19. The number of nitrogens with one attached hydrogen (secondary N) is 1. The first-order valence-electron chi connectivity index (χ1n) is 9.01. The van der Waals surface area contributed by atoms with E-state index in [2.05, 4.69) is 49.4 Å². The van der Waals surface area contributed by atoms with Crippen LogP contribution in [0.4, 0.5) is 4.79 Å². The van der Waals surface area contributed by atoms with E-state index in [1.807, 2.05) is 37.3 Å². The molecule has 2 atom stereocenters. The molecule has 8 heteroatoms. The Morgan fingerprint density at radius 1 is 1.26 bits per heavy atom. The lowest BCUT2D eigenvalue weighted by Crippen LogP contribution is -2.47. The minimum absolute atomic E-state index is 0.0362. The van der Waals surface area contributed by atoms with Crippen LogP contribution < -0.4 is 5.32 Å². The predicted molar refractivity (Wildman–Crippen MR) is 105 cm³/mol. The molecule has 1 aromatic heterocycles. The maximum atomic E-state index is 12.3. The zero-order valence-corrected chi connectivity index (χ0v) is 17.9. The van der Waals surface area contributed by atoms with Gasteiger partial charge in [-0.25, -0.2) is 4.79 Å². The molecule has 0 saturated heterocycles. The molecule has 0 aliphatic heterocycles. The average Bonchev–Trinajstić information content (AvgIpc) is 3.11. The number of hydrogen-bond acceptors (Lipinski definition) is 6. The lowest BCUT2D eigenvalue weighted by Gasteiger charge is -2.39. The number of ether oxygens (including phenoxy) is 1. The minimum Gasteiger partial charge on any atom is -0.445 e. The topological polar surface area (TPSA) is 86.5 Å². The van der Waals surface area contributed by atoms with Crippen LogP contribution in [0.15, 0.2) is 41.1 Å². The minimum atomic E-state index is -2.05. The Bertz CT molecular complexity index is 714. The van der Waals surface area contributed by atoms with E-state index in [1.165, 1.54) is 6.39 Å². The number of alkyl carbamates (subject to hydrolysis) is 1. The second-order valence-corrected chi connectivity index (χ2v) is 12.8. The molecule has 148 valence electrons. The molecule has 0 radical (unpaired) electrons. The monoisotopic (exact) mass is 391 g/mol. The van der Waals surface area contributed by atoms with Gasteiger partial charge in [-0.3, -0.25) is 0 Å². The third-order valence-electron chi connectivity index (χ3n) is 4.89. The zero-order valence-electron chi connectivity index (χ0n) is 16.9. The van der Waals surface area contributed by atoms with Crippen molar-refractivity contribution in [3.05, 3.63) is 48.2 Å². The average molecular weight is 392 g/mol. The van der Waals surface area contributed by atoms with Gasteiger partial charge in [-0.2, -0.15) is 0 Å². The molecular weight excluding hydrogens is 362 g/mol. The second-order valence-electron chi connectivity index (χ2n) is 8.04. The Kier molecular flexibility index (Phi) is 6.77. The molecule has 1 N–H and O–H groups in total. The van der Waals surface area contributed by atoms with Gasteiger partial charge < -0.3 is 18.9 Å². The first-order chi connectivity index (χ1) is 12.6. The quantitative estimate of drug-likeness (QED) is 0.702. The van der Waals surface area contributed by atoms with Crippen molar-refractivity contribution in [2.45, 2.75) is 64.6 Å². The summed E-state index contributed by atoms with van der Waals surface area (Å²) >= 11 is 0. The van der Waals surface area contributed by atoms with Gasteiger partial charge in [-0.15, -0.1) is 10.2 Å². The third kappa shape index (κ3) is 5.90. The number of carbonyl (C=O) groups excluding carboxylic acids is 1. The zero-order chi connectivity index (χ0) is 20.1. The fraction of sp³-hybridized carbons (Fsp3) is 0.526. The molecule has 0 aliphatic carbocycles. The van der Waals surface area contributed by atoms with E-state index in [0.29, 0.717) is 0 Å². The van der Waals surface area contributed by atoms with Crippen molar-refractivity contribution in [1.29, 1.82) is 0 Å². The summed E-state index contributed by atoms with van der Waals surface area (Å²) in [6, 6.07) is 8.90. The lowest BCUT2D eigenvalue weighted by molar-refractivity contribution is 0.105. The number of rotatable bonds is 7. The molecule has 0 saturated carbocycles. The fourth-order valence-corrected chi connectivity index (χ4v) is 3.72. The maximum Gasteiger partial charge on any atom is 0.408 e. The molecule has 2 rings (SSSR count). The summed E-state index contributed by atoms with van der Waals surface area (Å²) in [5.41, 5.74) is 0.910. The first kappa shape index (κ1) is 21.1. The second kappa shape index (κ2) is 8.66. The van der Waals surface area contributed by atoms with Crippen LogP contribution in [0.1, 0.15) is 45.2 Å². The van der Waals surface area contributed by atoms with Gasteiger partial charge in [0.05, 0.1) is 6.10 Å². The highest BCUT2D eigenvalue weighted by molar-refractivity contribution is 6.74. The Morgan fingerprint density at radius 2 is 1.93 bits per heavy atom. The lowest BCUT2D eigenvalue weighted by atomic mass is 10.2. The van der Waals surface area contributed by atoms with Crippen LogP contribution >= 0.6 is 0 Å². The summed E-state index contributed by atoms with van der Waals surface area (Å²) in [6.45, 7) is 12.9. The summed E-state index contributed by atoms with van der Waals surface area (Å²) in [5.74, 6) is 0.290. The molecule has 1 aromatic carbocycles. The number of hydrogen-bond donors (Lipinski definition) is 1. The summed E-state index contributed by atoms with van der Waals surface area (Å²) in [6.07, 6.45) is 0.321. The van der Waals surface area contributed by atoms with E-state index in [1.54, 1.807) is 0 Å². The summed E-state index contributed by atoms with van der Waals surface area (Å²) in [7, 11) is -2.05. The first-order valence-corrected chi connectivity index (χ1v) is 11.9. The van der Waals surface area contributed by atoms with Crippen molar-refractivity contribution in [2.24, 2.45) is 0 Å². The van der Waals surface area contributed by atoms with Gasteiger partial charge in [0.15, 0.2) is 8.32 Å². The van der Waals surface area contributed by atoms with Gasteiger partial charge in [0.25, 0.3) is 0 Å². The van der Waals surface area contributed by atoms with Gasteiger partial charge >= 0.3 is 6.09 Å². The standard InChI is InChI=1S/C19H29N3O4Si/c1-14(26-27(5,6)19(2,3)4)16(17-22-20-13-25-17)21-18(23)24-12-15-10-8-7-9-11-15/h7-11,13-14,16H,12H2,1-6H3,(H,21,23)/t14?,16-/m0/s1. The smallest absolute Gasteiger partial charge is 0.408 e. The normalized spacial score (nSPS) is 14.4. The van der Waals surface area contributed by atoms with E-state index in [0.717, 1.165) is 5.56 Å². The third-order valence-corrected chi connectivity index (χ3v) is 9.46. The van der Waals surface area contributed by atoms with E-state index < -0.39 is 20.5 Å². The van der Waals surface area contributed by atoms with Crippen molar-refractivity contribution >= 4 is 14.4 Å². The highest BCUT2D eigenvalue weighted by Gasteiger charge is 2.41. The molecule has 1 amide bonds. The summed E-state index contributed by atoms with van der Waals surface area (Å²) < 4.78 is 17.0. The number of nitrogens with zero attached hydrogens (tertiary/aromatic N) is 2. The molecule has 1 heterocycles. The van der Waals surface area contributed by atoms with E-state index in [4.69, 9.17) is 13.6 Å². The van der Waals surface area contributed by atoms with Crippen LogP contribution in [0, 0.1) is 0 Å². The van der Waals surface area contributed by atoms with Crippen molar-refractivity contribution in [3.8, 4) is 0 Å². The van der Waals surface area contributed by atoms with Crippen LogP contribution in [-0.4, -0.2) is 30.7 Å². The van der Waals surface area contributed by atoms with Crippen LogP contribution in [-0.2, 0) is 15.8 Å². The van der Waals surface area contributed by atoms with Crippen LogP contribution in [0.3, 0.4) is 0 Å². The molecule has 27 heavy (non-hydrogen) atoms. The van der Waals surface area contributed by atoms with E-state index in [-0.39, 0.29) is 23.6 Å². The number of amides is 1. The molecule has 2 aromatic rings. The largest absolute Gasteiger partial charge is 0.445 e. The molecule has 0 aliphatic rings. The van der Waals surface area contributed by atoms with Gasteiger partial charge in [0.2, 0.25) is 12.3 Å².